The molecule has 4 nitrogen and oxygen atoms in total. The molecule has 0 unspecified atom stereocenters. The minimum absolute atomic E-state index is 0.0857. The monoisotopic (exact) mass is 278 g/mol. The van der Waals surface area contributed by atoms with Gasteiger partial charge in [0.15, 0.2) is 5.78 Å². The molecule has 0 aliphatic heterocycles. The summed E-state index contributed by atoms with van der Waals surface area (Å²) < 4.78 is 5.20. The Morgan fingerprint density at radius 2 is 2.00 bits per heavy atom. The van der Waals surface area contributed by atoms with E-state index in [1.165, 1.54) is 0 Å². The lowest BCUT2D eigenvalue weighted by Gasteiger charge is -2.32. The van der Waals surface area contributed by atoms with E-state index in [1.54, 1.807) is 13.3 Å². The van der Waals surface area contributed by atoms with Crippen LogP contribution in [-0.2, 0) is 4.74 Å². The minimum atomic E-state index is 0.0857. The van der Waals surface area contributed by atoms with E-state index in [0.29, 0.717) is 24.8 Å². The Labute approximate surface area is 122 Å². The lowest BCUT2D eigenvalue weighted by Crippen LogP contribution is -2.37. The van der Waals surface area contributed by atoms with E-state index in [-0.39, 0.29) is 5.78 Å². The molecule has 0 atom stereocenters. The van der Waals surface area contributed by atoms with Crippen molar-refractivity contribution in [1.82, 2.24) is 4.98 Å². The van der Waals surface area contributed by atoms with Crippen LogP contribution in [-0.4, -0.2) is 37.1 Å². The summed E-state index contributed by atoms with van der Waals surface area (Å²) in [4.78, 5) is 18.2. The number of rotatable bonds is 9. The van der Waals surface area contributed by atoms with Crippen molar-refractivity contribution in [2.75, 3.05) is 25.2 Å². The Morgan fingerprint density at radius 1 is 1.30 bits per heavy atom. The molecule has 112 valence electrons. The molecule has 0 aromatic carbocycles. The highest BCUT2D eigenvalue weighted by Crippen LogP contribution is 2.20. The molecule has 0 spiro atoms. The van der Waals surface area contributed by atoms with Crippen LogP contribution in [0.15, 0.2) is 18.3 Å². The predicted octanol–water partition coefficient (Wildman–Crippen LogP) is 3.32. The van der Waals surface area contributed by atoms with Crippen molar-refractivity contribution in [3.05, 3.63) is 24.0 Å². The normalized spacial score (nSPS) is 10.8. The van der Waals surface area contributed by atoms with Gasteiger partial charge in [-0.15, -0.1) is 0 Å². The summed E-state index contributed by atoms with van der Waals surface area (Å²) in [6.45, 7) is 7.76. The lowest BCUT2D eigenvalue weighted by molar-refractivity contribution is 0.0983. The van der Waals surface area contributed by atoms with Crippen LogP contribution in [0.1, 0.15) is 50.5 Å². The van der Waals surface area contributed by atoms with Gasteiger partial charge in [0.1, 0.15) is 5.69 Å². The summed E-state index contributed by atoms with van der Waals surface area (Å²) in [5, 5.41) is 0. The van der Waals surface area contributed by atoms with E-state index in [2.05, 4.69) is 23.7 Å². The van der Waals surface area contributed by atoms with Crippen molar-refractivity contribution in [3.63, 3.8) is 0 Å². The van der Waals surface area contributed by atoms with Gasteiger partial charge in [-0.2, -0.15) is 0 Å². The fraction of sp³-hybridized carbons (Fsp3) is 0.625. The number of Topliss-reactive ketones (excluding diaryl/α,β-unsaturated/α-hetero) is 1. The highest BCUT2D eigenvalue weighted by atomic mass is 16.5. The molecule has 0 bridgehead atoms. The van der Waals surface area contributed by atoms with Crippen LogP contribution >= 0.6 is 0 Å². The second-order valence-corrected chi connectivity index (χ2v) is 4.83. The van der Waals surface area contributed by atoms with Gasteiger partial charge >= 0.3 is 0 Å². The summed E-state index contributed by atoms with van der Waals surface area (Å²) in [5.74, 6) is 0.0857. The Balaban J connectivity index is 2.92. The van der Waals surface area contributed by atoms with Crippen molar-refractivity contribution in [2.45, 2.75) is 46.1 Å². The summed E-state index contributed by atoms with van der Waals surface area (Å²) >= 11 is 0. The van der Waals surface area contributed by atoms with E-state index in [4.69, 9.17) is 4.74 Å². The SMILES string of the molecule is CCC(=O)c1ccc(N(CCOC)C(CC)CC)cn1. The van der Waals surface area contributed by atoms with Gasteiger partial charge in [-0.1, -0.05) is 20.8 Å². The van der Waals surface area contributed by atoms with Crippen LogP contribution in [0.2, 0.25) is 0 Å². The molecule has 0 aliphatic rings. The first-order chi connectivity index (χ1) is 9.67. The molecule has 20 heavy (non-hydrogen) atoms. The highest BCUT2D eigenvalue weighted by molar-refractivity contribution is 5.94. The molecule has 0 amide bonds. The van der Waals surface area contributed by atoms with Crippen molar-refractivity contribution in [2.24, 2.45) is 0 Å². The van der Waals surface area contributed by atoms with Crippen molar-refractivity contribution >= 4 is 11.5 Å². The second kappa shape index (κ2) is 8.69. The van der Waals surface area contributed by atoms with E-state index in [0.717, 1.165) is 25.1 Å². The number of carbonyl (C=O) groups excluding carboxylic acids is 1. The van der Waals surface area contributed by atoms with Crippen LogP contribution in [0.25, 0.3) is 0 Å². The van der Waals surface area contributed by atoms with E-state index in [1.807, 2.05) is 19.1 Å². The molecule has 1 aromatic heterocycles. The summed E-state index contributed by atoms with van der Waals surface area (Å²) in [6.07, 6.45) is 4.45. The molecular weight excluding hydrogens is 252 g/mol. The average Bonchev–Trinajstić information content (AvgIpc) is 2.51. The van der Waals surface area contributed by atoms with Gasteiger partial charge < -0.3 is 9.64 Å². The van der Waals surface area contributed by atoms with Crippen LogP contribution in [0.3, 0.4) is 0 Å². The van der Waals surface area contributed by atoms with Gasteiger partial charge in [0.2, 0.25) is 0 Å². The zero-order valence-corrected chi connectivity index (χ0v) is 13.1. The highest BCUT2D eigenvalue weighted by Gasteiger charge is 2.16. The summed E-state index contributed by atoms with van der Waals surface area (Å²) in [5.41, 5.74) is 1.61. The second-order valence-electron chi connectivity index (χ2n) is 4.83. The van der Waals surface area contributed by atoms with Gasteiger partial charge in [0, 0.05) is 26.1 Å². The number of aromatic nitrogens is 1. The Bertz CT molecular complexity index is 399. The fourth-order valence-corrected chi connectivity index (χ4v) is 2.34. The van der Waals surface area contributed by atoms with Crippen molar-refractivity contribution in [3.8, 4) is 0 Å². The third-order valence-electron chi connectivity index (χ3n) is 3.61. The number of nitrogens with zero attached hydrogens (tertiary/aromatic N) is 2. The lowest BCUT2D eigenvalue weighted by atomic mass is 10.1. The number of ketones is 1. The van der Waals surface area contributed by atoms with Crippen LogP contribution < -0.4 is 4.90 Å². The molecule has 0 saturated carbocycles. The number of ether oxygens (including phenoxy) is 1. The van der Waals surface area contributed by atoms with Crippen molar-refractivity contribution < 1.29 is 9.53 Å². The van der Waals surface area contributed by atoms with Gasteiger partial charge in [0.05, 0.1) is 18.5 Å². The minimum Gasteiger partial charge on any atom is -0.383 e. The molecule has 4 heteroatoms. The topological polar surface area (TPSA) is 42.4 Å². The maximum Gasteiger partial charge on any atom is 0.180 e. The smallest absolute Gasteiger partial charge is 0.180 e. The van der Waals surface area contributed by atoms with E-state index < -0.39 is 0 Å². The largest absolute Gasteiger partial charge is 0.383 e. The zero-order valence-electron chi connectivity index (χ0n) is 13.1. The Morgan fingerprint density at radius 3 is 2.45 bits per heavy atom. The standard InChI is InChI=1S/C16H26N2O2/c1-5-13(6-2)18(10-11-20-4)14-8-9-15(17-12-14)16(19)7-3/h8-9,12-13H,5-7,10-11H2,1-4H3. The van der Waals surface area contributed by atoms with E-state index in [9.17, 15) is 4.79 Å². The molecule has 0 fully saturated rings. The number of methoxy groups -OCH3 is 1. The molecule has 0 radical (unpaired) electrons. The fourth-order valence-electron chi connectivity index (χ4n) is 2.34. The molecular formula is C16H26N2O2. The summed E-state index contributed by atoms with van der Waals surface area (Å²) in [7, 11) is 1.71. The molecule has 0 aliphatic carbocycles. The Hall–Kier alpha value is -1.42. The number of carbonyl (C=O) groups is 1. The van der Waals surface area contributed by atoms with Crippen LogP contribution in [0, 0.1) is 0 Å². The predicted molar refractivity (Wildman–Crippen MR) is 82.5 cm³/mol. The first kappa shape index (κ1) is 16.6. The Kier molecular flexibility index (Phi) is 7.23. The molecule has 1 heterocycles. The summed E-state index contributed by atoms with van der Waals surface area (Å²) in [6, 6.07) is 4.28. The molecule has 0 saturated heterocycles. The number of hydrogen-bond acceptors (Lipinski definition) is 4. The quantitative estimate of drug-likeness (QED) is 0.650. The van der Waals surface area contributed by atoms with Crippen molar-refractivity contribution in [1.29, 1.82) is 0 Å². The van der Waals surface area contributed by atoms with Gasteiger partial charge in [-0.3, -0.25) is 9.78 Å². The average molecular weight is 278 g/mol. The van der Waals surface area contributed by atoms with Gasteiger partial charge in [0.25, 0.3) is 0 Å². The van der Waals surface area contributed by atoms with Crippen LogP contribution in [0.4, 0.5) is 5.69 Å². The zero-order chi connectivity index (χ0) is 15.0. The third kappa shape index (κ3) is 4.30. The maximum absolute atomic E-state index is 11.6. The first-order valence-electron chi connectivity index (χ1n) is 7.42. The van der Waals surface area contributed by atoms with E-state index >= 15 is 0 Å². The number of hydrogen-bond donors (Lipinski definition) is 0. The molecule has 1 rings (SSSR count). The van der Waals surface area contributed by atoms with Crippen LogP contribution in [0.5, 0.6) is 0 Å². The van der Waals surface area contributed by atoms with Gasteiger partial charge in [-0.25, -0.2) is 0 Å². The first-order valence-corrected chi connectivity index (χ1v) is 7.42. The molecule has 1 aromatic rings. The number of anilines is 1. The number of pyridine rings is 1. The molecule has 0 N–H and O–H groups in total. The third-order valence-corrected chi connectivity index (χ3v) is 3.61. The maximum atomic E-state index is 11.6. The van der Waals surface area contributed by atoms with Gasteiger partial charge in [-0.05, 0) is 25.0 Å².